The van der Waals surface area contributed by atoms with E-state index < -0.39 is 22.7 Å². The fraction of sp³-hybridized carbons (Fsp3) is 0.455. The summed E-state index contributed by atoms with van der Waals surface area (Å²) in [7, 11) is 1.28. The molecule has 0 amide bonds. The predicted molar refractivity (Wildman–Crippen MR) is 69.6 cm³/mol. The van der Waals surface area contributed by atoms with Gasteiger partial charge >= 0.3 is 5.51 Å². The highest BCUT2D eigenvalue weighted by atomic mass is 32.2. The Morgan fingerprint density at radius 3 is 2.52 bits per heavy atom. The zero-order chi connectivity index (χ0) is 16.0. The number of rotatable bonds is 7. The lowest BCUT2D eigenvalue weighted by atomic mass is 10.1. The number of ether oxygens (including phenoxy) is 2. The van der Waals surface area contributed by atoms with Gasteiger partial charge in [-0.2, -0.15) is 13.2 Å². The molecule has 21 heavy (non-hydrogen) atoms. The smallest absolute Gasteiger partial charge is 0.441 e. The third-order valence-corrected chi connectivity index (χ3v) is 3.04. The Labute approximate surface area is 122 Å². The van der Waals surface area contributed by atoms with E-state index in [9.17, 15) is 23.3 Å². The molecule has 0 aliphatic heterocycles. The molecule has 0 aliphatic carbocycles. The molecule has 118 valence electrons. The molecular formula is C11H12F3NO5S. The van der Waals surface area contributed by atoms with Crippen LogP contribution in [0, 0.1) is 10.1 Å². The average molecular weight is 327 g/mol. The highest BCUT2D eigenvalue weighted by Gasteiger charge is 2.27. The Hall–Kier alpha value is -1.68. The molecule has 0 unspecified atom stereocenters. The largest absolute Gasteiger partial charge is 0.493 e. The van der Waals surface area contributed by atoms with Crippen LogP contribution in [0.2, 0.25) is 0 Å². The summed E-state index contributed by atoms with van der Waals surface area (Å²) in [4.78, 5) is 10.1. The van der Waals surface area contributed by atoms with Gasteiger partial charge in [-0.15, -0.1) is 0 Å². The van der Waals surface area contributed by atoms with Gasteiger partial charge < -0.3 is 14.6 Å². The summed E-state index contributed by atoms with van der Waals surface area (Å²) in [6, 6.07) is 2.23. The molecule has 1 aromatic rings. The number of thioether (sulfide) groups is 1. The first-order valence-electron chi connectivity index (χ1n) is 5.58. The topological polar surface area (TPSA) is 81.8 Å². The van der Waals surface area contributed by atoms with Gasteiger partial charge in [0, 0.05) is 5.75 Å². The van der Waals surface area contributed by atoms with Crippen molar-refractivity contribution in [3.05, 3.63) is 27.8 Å². The minimum Gasteiger partial charge on any atom is -0.493 e. The maximum absolute atomic E-state index is 12.0. The lowest BCUT2D eigenvalue weighted by Crippen LogP contribution is -2.08. The fourth-order valence-electron chi connectivity index (χ4n) is 1.47. The number of halogens is 3. The molecule has 0 bridgehead atoms. The van der Waals surface area contributed by atoms with Crippen molar-refractivity contribution in [1.29, 1.82) is 0 Å². The zero-order valence-corrected chi connectivity index (χ0v) is 11.7. The summed E-state index contributed by atoms with van der Waals surface area (Å²) in [5.74, 6) is -0.312. The quantitative estimate of drug-likeness (QED) is 0.471. The number of methoxy groups -OCH3 is 1. The van der Waals surface area contributed by atoms with Gasteiger partial charge in [-0.25, -0.2) is 0 Å². The van der Waals surface area contributed by atoms with Crippen LogP contribution in [0.25, 0.3) is 0 Å². The van der Waals surface area contributed by atoms with Crippen LogP contribution >= 0.6 is 11.8 Å². The van der Waals surface area contributed by atoms with Crippen LogP contribution in [0.1, 0.15) is 5.56 Å². The Kier molecular flexibility index (Phi) is 6.09. The third-order valence-electron chi connectivity index (χ3n) is 2.34. The number of aliphatic hydroxyl groups is 1. The highest BCUT2D eigenvalue weighted by Crippen LogP contribution is 2.35. The van der Waals surface area contributed by atoms with Gasteiger partial charge in [-0.1, -0.05) is 0 Å². The van der Waals surface area contributed by atoms with Crippen LogP contribution in [-0.2, 0) is 6.61 Å². The van der Waals surface area contributed by atoms with E-state index in [1.165, 1.54) is 13.2 Å². The second-order valence-electron chi connectivity index (χ2n) is 3.69. The number of aliphatic hydroxyl groups excluding tert-OH is 1. The number of alkyl halides is 3. The molecule has 1 aromatic carbocycles. The molecule has 0 aliphatic rings. The Morgan fingerprint density at radius 1 is 1.38 bits per heavy atom. The van der Waals surface area contributed by atoms with Crippen molar-refractivity contribution in [2.24, 2.45) is 0 Å². The molecular weight excluding hydrogens is 315 g/mol. The van der Waals surface area contributed by atoms with E-state index in [1.54, 1.807) is 0 Å². The molecule has 0 saturated heterocycles. The molecule has 0 spiro atoms. The Morgan fingerprint density at radius 2 is 2.05 bits per heavy atom. The standard InChI is InChI=1S/C11H12F3NO5S/c1-19-9-4-7(6-16)8(15(17)18)5-10(9)20-2-3-21-11(12,13)14/h4-5,16H,2-3,6H2,1H3. The number of nitro groups is 1. The number of hydrogen-bond acceptors (Lipinski definition) is 6. The monoisotopic (exact) mass is 327 g/mol. The number of benzene rings is 1. The van der Waals surface area contributed by atoms with E-state index >= 15 is 0 Å². The van der Waals surface area contributed by atoms with E-state index in [-0.39, 0.29) is 41.2 Å². The van der Waals surface area contributed by atoms with E-state index in [1.807, 2.05) is 0 Å². The number of nitro benzene ring substituents is 1. The predicted octanol–water partition coefficient (Wildman–Crippen LogP) is 2.73. The Balaban J connectivity index is 2.85. The number of nitrogens with zero attached hydrogens (tertiary/aromatic N) is 1. The lowest BCUT2D eigenvalue weighted by Gasteiger charge is -2.12. The van der Waals surface area contributed by atoms with Crippen molar-refractivity contribution in [3.63, 3.8) is 0 Å². The lowest BCUT2D eigenvalue weighted by molar-refractivity contribution is -0.385. The average Bonchev–Trinajstić information content (AvgIpc) is 2.41. The van der Waals surface area contributed by atoms with Crippen LogP contribution in [0.15, 0.2) is 12.1 Å². The SMILES string of the molecule is COc1cc(CO)c([N+](=O)[O-])cc1OCCSC(F)(F)F. The normalized spacial score (nSPS) is 11.3. The molecule has 0 heterocycles. The van der Waals surface area contributed by atoms with Crippen molar-refractivity contribution in [1.82, 2.24) is 0 Å². The third kappa shape index (κ3) is 5.31. The van der Waals surface area contributed by atoms with Crippen molar-refractivity contribution >= 4 is 17.4 Å². The first kappa shape index (κ1) is 17.4. The molecule has 1 rings (SSSR count). The van der Waals surface area contributed by atoms with Gasteiger partial charge in [0.15, 0.2) is 11.5 Å². The van der Waals surface area contributed by atoms with Crippen LogP contribution in [0.4, 0.5) is 18.9 Å². The first-order chi connectivity index (χ1) is 9.78. The molecule has 0 fully saturated rings. The molecule has 6 nitrogen and oxygen atoms in total. The molecule has 1 N–H and O–H groups in total. The van der Waals surface area contributed by atoms with Crippen molar-refractivity contribution in [2.75, 3.05) is 19.5 Å². The molecule has 10 heteroatoms. The molecule has 0 saturated carbocycles. The summed E-state index contributed by atoms with van der Waals surface area (Å²) >= 11 is -0.255. The van der Waals surface area contributed by atoms with Gasteiger partial charge in [-0.05, 0) is 17.8 Å². The van der Waals surface area contributed by atoms with Gasteiger partial charge in [-0.3, -0.25) is 10.1 Å². The second-order valence-corrected chi connectivity index (χ2v) is 4.85. The summed E-state index contributed by atoms with van der Waals surface area (Å²) < 4.78 is 45.9. The molecule has 0 radical (unpaired) electrons. The van der Waals surface area contributed by atoms with Crippen molar-refractivity contribution in [3.8, 4) is 11.5 Å². The van der Waals surface area contributed by atoms with Crippen LogP contribution in [0.3, 0.4) is 0 Å². The van der Waals surface area contributed by atoms with E-state index in [0.717, 1.165) is 6.07 Å². The summed E-state index contributed by atoms with van der Waals surface area (Å²) in [6.07, 6.45) is 0. The first-order valence-corrected chi connectivity index (χ1v) is 6.56. The van der Waals surface area contributed by atoms with E-state index in [4.69, 9.17) is 14.6 Å². The van der Waals surface area contributed by atoms with Gasteiger partial charge in [0.2, 0.25) is 0 Å². The van der Waals surface area contributed by atoms with Crippen molar-refractivity contribution < 1.29 is 32.7 Å². The highest BCUT2D eigenvalue weighted by molar-refractivity contribution is 8.00. The Bertz CT molecular complexity index is 509. The van der Waals surface area contributed by atoms with Gasteiger partial charge in [0.05, 0.1) is 36.9 Å². The fourth-order valence-corrected chi connectivity index (χ4v) is 1.87. The van der Waals surface area contributed by atoms with Crippen LogP contribution in [-0.4, -0.2) is 35.0 Å². The van der Waals surface area contributed by atoms with Crippen LogP contribution in [0.5, 0.6) is 11.5 Å². The van der Waals surface area contributed by atoms with E-state index in [2.05, 4.69) is 0 Å². The maximum atomic E-state index is 12.0. The zero-order valence-electron chi connectivity index (χ0n) is 10.8. The second kappa shape index (κ2) is 7.36. The summed E-state index contributed by atoms with van der Waals surface area (Å²) in [6.45, 7) is -0.868. The molecule has 0 aromatic heterocycles. The minimum absolute atomic E-state index is 0.0221. The molecule has 0 atom stereocenters. The maximum Gasteiger partial charge on any atom is 0.441 e. The van der Waals surface area contributed by atoms with Crippen LogP contribution < -0.4 is 9.47 Å². The summed E-state index contributed by atoms with van der Waals surface area (Å²) in [5, 5.41) is 19.9. The van der Waals surface area contributed by atoms with Crippen molar-refractivity contribution in [2.45, 2.75) is 12.1 Å². The summed E-state index contributed by atoms with van der Waals surface area (Å²) in [5.41, 5.74) is -4.73. The number of hydrogen-bond donors (Lipinski definition) is 1. The minimum atomic E-state index is -4.36. The van der Waals surface area contributed by atoms with Gasteiger partial charge in [0.1, 0.15) is 0 Å². The van der Waals surface area contributed by atoms with Gasteiger partial charge in [0.25, 0.3) is 5.69 Å². The van der Waals surface area contributed by atoms with E-state index in [0.29, 0.717) is 0 Å².